The number of hydrogen-bond donors (Lipinski definition) is 0. The summed E-state index contributed by atoms with van der Waals surface area (Å²) in [5.41, 5.74) is 0.490. The molecule has 3 rings (SSSR count). The molecule has 2 heterocycles. The van der Waals surface area contributed by atoms with Gasteiger partial charge >= 0.3 is 0 Å². The van der Waals surface area contributed by atoms with E-state index in [1.165, 1.54) is 0 Å². The first-order valence-corrected chi connectivity index (χ1v) is 8.44. The van der Waals surface area contributed by atoms with Crippen LogP contribution in [0, 0.1) is 0 Å². The number of nitrogens with zero attached hydrogens (tertiary/aromatic N) is 2. The van der Waals surface area contributed by atoms with Gasteiger partial charge in [-0.1, -0.05) is 11.6 Å². The maximum absolute atomic E-state index is 12.8. The van der Waals surface area contributed by atoms with Crippen molar-refractivity contribution in [1.82, 2.24) is 9.80 Å². The van der Waals surface area contributed by atoms with Crippen LogP contribution in [0.2, 0.25) is 5.02 Å². The summed E-state index contributed by atoms with van der Waals surface area (Å²) in [4.78, 5) is 28.9. The zero-order valence-corrected chi connectivity index (χ0v) is 14.2. The molecular formula is C17H21ClN2O3. The molecule has 0 aromatic heterocycles. The van der Waals surface area contributed by atoms with Crippen molar-refractivity contribution < 1.29 is 14.3 Å². The van der Waals surface area contributed by atoms with Crippen LogP contribution in [-0.2, 0) is 4.79 Å². The van der Waals surface area contributed by atoms with E-state index < -0.39 is 6.04 Å². The Morgan fingerprint density at radius 1 is 1.43 bits per heavy atom. The molecule has 0 radical (unpaired) electrons. The SMILES string of the molecule is CCOc1ccc(C(=O)N2C[C@@H]3CCCN3C(=O)[C@@H]2C)cc1Cl. The normalized spacial score (nSPS) is 23.9. The van der Waals surface area contributed by atoms with E-state index in [4.69, 9.17) is 16.3 Å². The summed E-state index contributed by atoms with van der Waals surface area (Å²) >= 11 is 6.17. The summed E-state index contributed by atoms with van der Waals surface area (Å²) < 4.78 is 5.39. The first kappa shape index (κ1) is 16.1. The fourth-order valence-corrected chi connectivity index (χ4v) is 3.64. The minimum absolute atomic E-state index is 0.0455. The zero-order valence-electron chi connectivity index (χ0n) is 13.4. The summed E-state index contributed by atoms with van der Waals surface area (Å²) in [7, 11) is 0. The van der Waals surface area contributed by atoms with Gasteiger partial charge < -0.3 is 14.5 Å². The highest BCUT2D eigenvalue weighted by Gasteiger charge is 2.42. The second-order valence-corrected chi connectivity index (χ2v) is 6.45. The number of hydrogen-bond acceptors (Lipinski definition) is 3. The van der Waals surface area contributed by atoms with Gasteiger partial charge in [0, 0.05) is 24.7 Å². The standard InChI is InChI=1S/C17H21ClN2O3/c1-3-23-15-7-6-12(9-14(15)18)17(22)20-10-13-5-4-8-19(13)16(21)11(20)2/h6-7,9,11,13H,3-5,8,10H2,1-2H3/t11-,13-/m0/s1. The molecule has 1 aromatic carbocycles. The maximum atomic E-state index is 12.8. The van der Waals surface area contributed by atoms with Crippen molar-refractivity contribution in [1.29, 1.82) is 0 Å². The zero-order chi connectivity index (χ0) is 16.6. The average Bonchev–Trinajstić information content (AvgIpc) is 3.01. The number of carbonyl (C=O) groups excluding carboxylic acids is 2. The van der Waals surface area contributed by atoms with E-state index in [0.717, 1.165) is 19.4 Å². The number of carbonyl (C=O) groups is 2. The van der Waals surface area contributed by atoms with E-state index in [2.05, 4.69) is 0 Å². The third-order valence-corrected chi connectivity index (χ3v) is 4.93. The van der Waals surface area contributed by atoms with Crippen molar-refractivity contribution in [3.63, 3.8) is 0 Å². The van der Waals surface area contributed by atoms with Gasteiger partial charge in [0.2, 0.25) is 5.91 Å². The topological polar surface area (TPSA) is 49.9 Å². The molecule has 0 spiro atoms. The predicted octanol–water partition coefficient (Wildman–Crippen LogP) is 2.57. The molecule has 2 aliphatic heterocycles. The first-order valence-electron chi connectivity index (χ1n) is 8.06. The summed E-state index contributed by atoms with van der Waals surface area (Å²) in [6, 6.07) is 4.75. The van der Waals surface area contributed by atoms with Crippen LogP contribution in [0.5, 0.6) is 5.75 Å². The lowest BCUT2D eigenvalue weighted by Crippen LogP contribution is -2.60. The van der Waals surface area contributed by atoms with E-state index >= 15 is 0 Å². The lowest BCUT2D eigenvalue weighted by Gasteiger charge is -2.41. The number of rotatable bonds is 3. The second kappa shape index (κ2) is 6.40. The maximum Gasteiger partial charge on any atom is 0.254 e. The molecule has 124 valence electrons. The van der Waals surface area contributed by atoms with Gasteiger partial charge in [0.05, 0.1) is 11.6 Å². The van der Waals surface area contributed by atoms with E-state index in [-0.39, 0.29) is 17.9 Å². The number of piperazine rings is 1. The van der Waals surface area contributed by atoms with Crippen LogP contribution in [-0.4, -0.2) is 53.4 Å². The number of amides is 2. The number of ether oxygens (including phenoxy) is 1. The Bertz CT molecular complexity index is 634. The summed E-state index contributed by atoms with van der Waals surface area (Å²) in [5, 5.41) is 0.413. The monoisotopic (exact) mass is 336 g/mol. The third kappa shape index (κ3) is 2.90. The molecule has 0 N–H and O–H groups in total. The molecule has 0 bridgehead atoms. The minimum Gasteiger partial charge on any atom is -0.492 e. The molecule has 2 amide bonds. The molecule has 0 saturated carbocycles. The molecule has 23 heavy (non-hydrogen) atoms. The fourth-order valence-electron chi connectivity index (χ4n) is 3.41. The Balaban J connectivity index is 1.82. The van der Waals surface area contributed by atoms with Crippen molar-refractivity contribution in [2.75, 3.05) is 19.7 Å². The number of fused-ring (bicyclic) bond motifs is 1. The first-order chi connectivity index (χ1) is 11.0. The van der Waals surface area contributed by atoms with E-state index in [1.54, 1.807) is 30.0 Å². The highest BCUT2D eigenvalue weighted by molar-refractivity contribution is 6.32. The van der Waals surface area contributed by atoms with Gasteiger partial charge in [-0.2, -0.15) is 0 Å². The third-order valence-electron chi connectivity index (χ3n) is 4.63. The van der Waals surface area contributed by atoms with Crippen molar-refractivity contribution in [2.24, 2.45) is 0 Å². The number of halogens is 1. The molecule has 2 atom stereocenters. The summed E-state index contributed by atoms with van der Waals surface area (Å²) in [6.07, 6.45) is 1.98. The van der Waals surface area contributed by atoms with Crippen LogP contribution in [0.4, 0.5) is 0 Å². The van der Waals surface area contributed by atoms with E-state index in [0.29, 0.717) is 29.5 Å². The molecular weight excluding hydrogens is 316 g/mol. The molecule has 0 unspecified atom stereocenters. The van der Waals surface area contributed by atoms with Gasteiger partial charge in [-0.15, -0.1) is 0 Å². The lowest BCUT2D eigenvalue weighted by atomic mass is 10.1. The molecule has 2 fully saturated rings. The fraction of sp³-hybridized carbons (Fsp3) is 0.529. The van der Waals surface area contributed by atoms with Crippen molar-refractivity contribution in [2.45, 2.75) is 38.8 Å². The molecule has 2 saturated heterocycles. The van der Waals surface area contributed by atoms with Crippen LogP contribution < -0.4 is 4.74 Å². The number of benzene rings is 1. The molecule has 2 aliphatic rings. The Kier molecular flexibility index (Phi) is 4.48. The van der Waals surface area contributed by atoms with E-state index in [9.17, 15) is 9.59 Å². The Hall–Kier alpha value is -1.75. The van der Waals surface area contributed by atoms with Gasteiger partial charge in [0.25, 0.3) is 5.91 Å². The molecule has 6 heteroatoms. The van der Waals surface area contributed by atoms with Crippen LogP contribution in [0.1, 0.15) is 37.0 Å². The smallest absolute Gasteiger partial charge is 0.254 e. The Labute approximate surface area is 141 Å². The van der Waals surface area contributed by atoms with Crippen molar-refractivity contribution in [3.05, 3.63) is 28.8 Å². The van der Waals surface area contributed by atoms with Crippen molar-refractivity contribution in [3.8, 4) is 5.75 Å². The molecule has 5 nitrogen and oxygen atoms in total. The highest BCUT2D eigenvalue weighted by Crippen LogP contribution is 2.29. The molecule has 0 aliphatic carbocycles. The van der Waals surface area contributed by atoms with Gasteiger partial charge in [-0.25, -0.2) is 0 Å². The quantitative estimate of drug-likeness (QED) is 0.852. The van der Waals surface area contributed by atoms with Crippen LogP contribution in [0.25, 0.3) is 0 Å². The second-order valence-electron chi connectivity index (χ2n) is 6.04. The molecule has 1 aromatic rings. The Morgan fingerprint density at radius 3 is 2.91 bits per heavy atom. The van der Waals surface area contributed by atoms with Gasteiger partial charge in [-0.05, 0) is 44.9 Å². The highest BCUT2D eigenvalue weighted by atomic mass is 35.5. The summed E-state index contributed by atoms with van der Waals surface area (Å²) in [5.74, 6) is 0.460. The Morgan fingerprint density at radius 2 is 2.22 bits per heavy atom. The van der Waals surface area contributed by atoms with Gasteiger partial charge in [-0.3, -0.25) is 9.59 Å². The van der Waals surface area contributed by atoms with E-state index in [1.807, 2.05) is 11.8 Å². The summed E-state index contributed by atoms with van der Waals surface area (Å²) in [6.45, 7) is 5.60. The predicted molar refractivity (Wildman–Crippen MR) is 87.9 cm³/mol. The van der Waals surface area contributed by atoms with Crippen molar-refractivity contribution >= 4 is 23.4 Å². The lowest BCUT2D eigenvalue weighted by molar-refractivity contribution is -0.141. The van der Waals surface area contributed by atoms with Crippen LogP contribution >= 0.6 is 11.6 Å². The average molecular weight is 337 g/mol. The van der Waals surface area contributed by atoms with Crippen LogP contribution in [0.3, 0.4) is 0 Å². The minimum atomic E-state index is -0.429. The van der Waals surface area contributed by atoms with Crippen LogP contribution in [0.15, 0.2) is 18.2 Å². The largest absolute Gasteiger partial charge is 0.492 e. The van der Waals surface area contributed by atoms with Gasteiger partial charge in [0.1, 0.15) is 11.8 Å². The van der Waals surface area contributed by atoms with Gasteiger partial charge in [0.15, 0.2) is 0 Å².